The molecule has 0 aliphatic carbocycles. The zero-order chi connectivity index (χ0) is 26.9. The Labute approximate surface area is 224 Å². The van der Waals surface area contributed by atoms with Crippen LogP contribution >= 0.6 is 11.6 Å². The average molecular weight is 525 g/mol. The van der Waals surface area contributed by atoms with Crippen LogP contribution in [0.4, 0.5) is 10.1 Å². The van der Waals surface area contributed by atoms with Crippen LogP contribution in [0, 0.1) is 5.82 Å². The molecule has 5 nitrogen and oxygen atoms in total. The molecule has 4 rings (SSSR count). The number of carbonyl (C=O) groups excluding carboxylic acids is 3. The fourth-order valence-electron chi connectivity index (χ4n) is 3.45. The van der Waals surface area contributed by atoms with E-state index in [1.165, 1.54) is 30.4 Å². The molecule has 4 aromatic rings. The largest absolute Gasteiger partial charge is 0.321 e. The Morgan fingerprint density at radius 1 is 0.737 bits per heavy atom. The smallest absolute Gasteiger partial charge is 0.272 e. The Bertz CT molecular complexity index is 1510. The molecule has 0 bridgehead atoms. The van der Waals surface area contributed by atoms with Crippen LogP contribution in [-0.4, -0.2) is 17.6 Å². The number of nitrogens with one attached hydrogen (secondary N) is 2. The van der Waals surface area contributed by atoms with E-state index < -0.39 is 17.6 Å². The average Bonchev–Trinajstić information content (AvgIpc) is 2.94. The van der Waals surface area contributed by atoms with Crippen molar-refractivity contribution in [3.05, 3.63) is 148 Å². The van der Waals surface area contributed by atoms with Crippen LogP contribution in [0.1, 0.15) is 31.8 Å². The van der Waals surface area contributed by atoms with Crippen LogP contribution in [0.25, 0.3) is 12.2 Å². The first-order chi connectivity index (χ1) is 18.4. The topological polar surface area (TPSA) is 75.3 Å². The van der Waals surface area contributed by atoms with E-state index in [1.807, 2.05) is 0 Å². The molecule has 0 fully saturated rings. The lowest BCUT2D eigenvalue weighted by atomic mass is 10.1. The molecule has 0 atom stereocenters. The minimum atomic E-state index is -0.653. The van der Waals surface area contributed by atoms with Gasteiger partial charge in [-0.1, -0.05) is 66.2 Å². The standard InChI is InChI=1S/C31H22ClFN2O3/c32-25-15-10-21(11-16-25)12-19-29(36)22-13-17-26(18-14-22)34-31(38)28(20-24-8-4-5-9-27(24)33)35-30(37)23-6-2-1-3-7-23/h1-20H,(H,34,38)(H,35,37)/b19-12+,28-20-. The van der Waals surface area contributed by atoms with Gasteiger partial charge in [0.2, 0.25) is 0 Å². The molecule has 4 aromatic carbocycles. The van der Waals surface area contributed by atoms with Crippen molar-refractivity contribution in [2.24, 2.45) is 0 Å². The number of amides is 2. The van der Waals surface area contributed by atoms with Gasteiger partial charge in [-0.05, 0) is 72.3 Å². The van der Waals surface area contributed by atoms with Gasteiger partial charge in [0.15, 0.2) is 5.78 Å². The summed E-state index contributed by atoms with van der Waals surface area (Å²) in [4.78, 5) is 38.3. The second kappa shape index (κ2) is 12.4. The Hall–Kier alpha value is -4.81. The van der Waals surface area contributed by atoms with Gasteiger partial charge < -0.3 is 10.6 Å². The Kier molecular flexibility index (Phi) is 8.59. The quantitative estimate of drug-likeness (QED) is 0.197. The van der Waals surface area contributed by atoms with Gasteiger partial charge in [0, 0.05) is 27.4 Å². The van der Waals surface area contributed by atoms with Crippen LogP contribution in [0.3, 0.4) is 0 Å². The molecule has 0 heterocycles. The Morgan fingerprint density at radius 3 is 2.08 bits per heavy atom. The van der Waals surface area contributed by atoms with E-state index in [9.17, 15) is 18.8 Å². The predicted molar refractivity (Wildman–Crippen MR) is 148 cm³/mol. The maximum Gasteiger partial charge on any atom is 0.272 e. The van der Waals surface area contributed by atoms with Gasteiger partial charge >= 0.3 is 0 Å². The predicted octanol–water partition coefficient (Wildman–Crippen LogP) is 6.78. The monoisotopic (exact) mass is 524 g/mol. The van der Waals surface area contributed by atoms with E-state index in [2.05, 4.69) is 10.6 Å². The number of carbonyl (C=O) groups is 3. The third kappa shape index (κ3) is 7.12. The minimum Gasteiger partial charge on any atom is -0.321 e. The zero-order valence-electron chi connectivity index (χ0n) is 20.0. The highest BCUT2D eigenvalue weighted by Crippen LogP contribution is 2.16. The van der Waals surface area contributed by atoms with Crippen molar-refractivity contribution < 1.29 is 18.8 Å². The maximum atomic E-state index is 14.3. The van der Waals surface area contributed by atoms with E-state index in [0.717, 1.165) is 5.56 Å². The van der Waals surface area contributed by atoms with Crippen molar-refractivity contribution in [1.29, 1.82) is 0 Å². The highest BCUT2D eigenvalue weighted by Gasteiger charge is 2.16. The molecule has 0 saturated carbocycles. The van der Waals surface area contributed by atoms with Gasteiger partial charge in [0.1, 0.15) is 11.5 Å². The third-order valence-electron chi connectivity index (χ3n) is 5.46. The molecule has 38 heavy (non-hydrogen) atoms. The van der Waals surface area contributed by atoms with Gasteiger partial charge in [-0.3, -0.25) is 14.4 Å². The van der Waals surface area contributed by atoms with Crippen molar-refractivity contribution in [3.63, 3.8) is 0 Å². The van der Waals surface area contributed by atoms with Crippen LogP contribution in [-0.2, 0) is 4.79 Å². The maximum absolute atomic E-state index is 14.3. The molecule has 7 heteroatoms. The molecule has 188 valence electrons. The number of allylic oxidation sites excluding steroid dienone is 1. The van der Waals surface area contributed by atoms with Gasteiger partial charge in [0.25, 0.3) is 11.8 Å². The van der Waals surface area contributed by atoms with Crippen LogP contribution < -0.4 is 10.6 Å². The summed E-state index contributed by atoms with van der Waals surface area (Å²) in [6, 6.07) is 27.6. The molecule has 2 N–H and O–H groups in total. The summed E-state index contributed by atoms with van der Waals surface area (Å²) in [5.74, 6) is -1.93. The summed E-state index contributed by atoms with van der Waals surface area (Å²) >= 11 is 5.88. The molecule has 0 aromatic heterocycles. The molecule has 2 amide bonds. The summed E-state index contributed by atoms with van der Waals surface area (Å²) < 4.78 is 14.3. The molecular formula is C31H22ClFN2O3. The van der Waals surface area contributed by atoms with Gasteiger partial charge in [0.05, 0.1) is 0 Å². The second-order valence-corrected chi connectivity index (χ2v) is 8.62. The molecule has 0 saturated heterocycles. The number of halogens is 2. The molecule has 0 spiro atoms. The van der Waals surface area contributed by atoms with Crippen molar-refractivity contribution in [2.45, 2.75) is 0 Å². The lowest BCUT2D eigenvalue weighted by molar-refractivity contribution is -0.113. The highest BCUT2D eigenvalue weighted by molar-refractivity contribution is 6.30. The Balaban J connectivity index is 1.49. The number of benzene rings is 4. The molecule has 0 aliphatic rings. The first kappa shape index (κ1) is 26.3. The van der Waals surface area contributed by atoms with E-state index in [4.69, 9.17) is 11.6 Å². The summed E-state index contributed by atoms with van der Waals surface area (Å²) in [5.41, 5.74) is 1.98. The van der Waals surface area contributed by atoms with E-state index >= 15 is 0 Å². The summed E-state index contributed by atoms with van der Waals surface area (Å²) in [6.45, 7) is 0. The minimum absolute atomic E-state index is 0.138. The molecule has 0 aliphatic heterocycles. The van der Waals surface area contributed by atoms with Crippen molar-refractivity contribution in [1.82, 2.24) is 5.32 Å². The van der Waals surface area contributed by atoms with Crippen molar-refractivity contribution in [2.75, 3.05) is 5.32 Å². The first-order valence-corrected chi connectivity index (χ1v) is 12.0. The number of hydrogen-bond donors (Lipinski definition) is 2. The van der Waals surface area contributed by atoms with Crippen LogP contribution in [0.2, 0.25) is 5.02 Å². The summed E-state index contributed by atoms with van der Waals surface area (Å²) in [7, 11) is 0. The zero-order valence-corrected chi connectivity index (χ0v) is 20.8. The van der Waals surface area contributed by atoms with Gasteiger partial charge in [-0.2, -0.15) is 0 Å². The van der Waals surface area contributed by atoms with Crippen molar-refractivity contribution in [3.8, 4) is 0 Å². The number of rotatable bonds is 8. The van der Waals surface area contributed by atoms with Crippen molar-refractivity contribution >= 4 is 47.0 Å². The van der Waals surface area contributed by atoms with E-state index in [-0.39, 0.29) is 17.0 Å². The summed E-state index contributed by atoms with van der Waals surface area (Å²) in [5, 5.41) is 5.86. The summed E-state index contributed by atoms with van der Waals surface area (Å²) in [6.07, 6.45) is 4.40. The highest BCUT2D eigenvalue weighted by atomic mass is 35.5. The third-order valence-corrected chi connectivity index (χ3v) is 5.71. The Morgan fingerprint density at radius 2 is 1.39 bits per heavy atom. The number of hydrogen-bond acceptors (Lipinski definition) is 3. The lowest BCUT2D eigenvalue weighted by Gasteiger charge is -2.12. The molecule has 0 unspecified atom stereocenters. The SMILES string of the molecule is O=C(Nc1ccc(C(=O)/C=C/c2ccc(Cl)cc2)cc1)/C(=C/c1ccccc1F)NC(=O)c1ccccc1. The fourth-order valence-corrected chi connectivity index (χ4v) is 3.57. The van der Waals surface area contributed by atoms with E-state index in [0.29, 0.717) is 21.8 Å². The second-order valence-electron chi connectivity index (χ2n) is 8.18. The van der Waals surface area contributed by atoms with Gasteiger partial charge in [-0.25, -0.2) is 4.39 Å². The van der Waals surface area contributed by atoms with Crippen LogP contribution in [0.15, 0.2) is 115 Å². The normalized spacial score (nSPS) is 11.3. The lowest BCUT2D eigenvalue weighted by Crippen LogP contribution is -2.30. The molecular weight excluding hydrogens is 503 g/mol. The number of ketones is 1. The number of anilines is 1. The molecule has 0 radical (unpaired) electrons. The van der Waals surface area contributed by atoms with Crippen LogP contribution in [0.5, 0.6) is 0 Å². The van der Waals surface area contributed by atoms with E-state index in [1.54, 1.807) is 91.0 Å². The van der Waals surface area contributed by atoms with Gasteiger partial charge in [-0.15, -0.1) is 0 Å². The first-order valence-electron chi connectivity index (χ1n) is 11.6. The fraction of sp³-hybridized carbons (Fsp3) is 0.